The summed E-state index contributed by atoms with van der Waals surface area (Å²) in [6.45, 7) is 1.77. The molecule has 0 aliphatic heterocycles. The molecule has 0 unspecified atom stereocenters. The highest BCUT2D eigenvalue weighted by atomic mass is 19.1. The molecule has 2 N–H and O–H groups in total. The number of hydrogen-bond donors (Lipinski definition) is 2. The third-order valence-corrected chi connectivity index (χ3v) is 3.15. The number of aromatic amines is 1. The Bertz CT molecular complexity index is 749. The summed E-state index contributed by atoms with van der Waals surface area (Å²) < 4.78 is 13.4. The second-order valence-electron chi connectivity index (χ2n) is 4.51. The minimum absolute atomic E-state index is 0.115. The topological polar surface area (TPSA) is 48.9 Å². The van der Waals surface area contributed by atoms with E-state index >= 15 is 0 Å². The van der Waals surface area contributed by atoms with Crippen LogP contribution in [0.25, 0.3) is 22.2 Å². The molecular formula is C15H13FN2O. The fourth-order valence-electron chi connectivity index (χ4n) is 2.26. The number of fused-ring (bicyclic) bond motifs is 1. The van der Waals surface area contributed by atoms with Crippen LogP contribution in [-0.2, 0) is 6.61 Å². The van der Waals surface area contributed by atoms with Crippen LogP contribution in [0.5, 0.6) is 0 Å². The van der Waals surface area contributed by atoms with E-state index in [9.17, 15) is 9.50 Å². The van der Waals surface area contributed by atoms with Gasteiger partial charge >= 0.3 is 0 Å². The zero-order valence-electron chi connectivity index (χ0n) is 10.4. The van der Waals surface area contributed by atoms with Gasteiger partial charge in [0.25, 0.3) is 0 Å². The van der Waals surface area contributed by atoms with Crippen LogP contribution in [0.2, 0.25) is 0 Å². The highest BCUT2D eigenvalue weighted by Crippen LogP contribution is 2.27. The maximum absolute atomic E-state index is 13.4. The van der Waals surface area contributed by atoms with Crippen molar-refractivity contribution in [1.82, 2.24) is 9.97 Å². The fraction of sp³-hybridized carbons (Fsp3) is 0.133. The Labute approximate surface area is 109 Å². The van der Waals surface area contributed by atoms with E-state index in [1.54, 1.807) is 6.07 Å². The molecule has 0 aliphatic carbocycles. The van der Waals surface area contributed by atoms with Gasteiger partial charge in [0.2, 0.25) is 0 Å². The van der Waals surface area contributed by atoms with Gasteiger partial charge in [-0.15, -0.1) is 0 Å². The van der Waals surface area contributed by atoms with Gasteiger partial charge in [-0.2, -0.15) is 0 Å². The zero-order chi connectivity index (χ0) is 13.4. The Hall–Kier alpha value is -2.20. The van der Waals surface area contributed by atoms with E-state index in [1.807, 2.05) is 25.1 Å². The number of imidazole rings is 1. The van der Waals surface area contributed by atoms with Crippen molar-refractivity contribution < 1.29 is 9.50 Å². The first kappa shape index (κ1) is 11.9. The van der Waals surface area contributed by atoms with Crippen molar-refractivity contribution in [2.24, 2.45) is 0 Å². The van der Waals surface area contributed by atoms with Crippen LogP contribution in [-0.4, -0.2) is 15.1 Å². The first-order chi connectivity index (χ1) is 9.17. The second-order valence-corrected chi connectivity index (χ2v) is 4.51. The standard InChI is InChI=1S/C15H13FN2O/c1-9-17-14-5-3-10(6-15(14)18-9)13-7-12(16)4-2-11(13)8-19/h2-7,19H,8H2,1H3,(H,17,18). The SMILES string of the molecule is Cc1nc2ccc(-c3cc(F)ccc3CO)cc2[nH]1. The predicted molar refractivity (Wildman–Crippen MR) is 72.1 cm³/mol. The summed E-state index contributed by atoms with van der Waals surface area (Å²) >= 11 is 0. The number of aromatic nitrogens is 2. The number of aliphatic hydroxyl groups is 1. The van der Waals surface area contributed by atoms with Crippen LogP contribution in [0, 0.1) is 12.7 Å². The van der Waals surface area contributed by atoms with Crippen molar-refractivity contribution in [2.75, 3.05) is 0 Å². The van der Waals surface area contributed by atoms with Crippen LogP contribution >= 0.6 is 0 Å². The van der Waals surface area contributed by atoms with E-state index in [-0.39, 0.29) is 12.4 Å². The summed E-state index contributed by atoms with van der Waals surface area (Å²) in [6, 6.07) is 10.1. The van der Waals surface area contributed by atoms with Crippen LogP contribution in [0.15, 0.2) is 36.4 Å². The van der Waals surface area contributed by atoms with Gasteiger partial charge in [-0.05, 0) is 47.9 Å². The number of nitrogens with one attached hydrogen (secondary N) is 1. The molecule has 3 nitrogen and oxygen atoms in total. The molecule has 3 aromatic rings. The van der Waals surface area contributed by atoms with E-state index in [4.69, 9.17) is 0 Å². The molecule has 1 heterocycles. The number of aryl methyl sites for hydroxylation is 1. The van der Waals surface area contributed by atoms with Crippen LogP contribution < -0.4 is 0 Å². The molecule has 96 valence electrons. The van der Waals surface area contributed by atoms with Crippen molar-refractivity contribution >= 4 is 11.0 Å². The number of nitrogens with zero attached hydrogens (tertiary/aromatic N) is 1. The van der Waals surface area contributed by atoms with E-state index in [1.165, 1.54) is 12.1 Å². The fourth-order valence-corrected chi connectivity index (χ4v) is 2.26. The molecule has 0 spiro atoms. The minimum atomic E-state index is -0.312. The summed E-state index contributed by atoms with van der Waals surface area (Å²) in [4.78, 5) is 7.48. The summed E-state index contributed by atoms with van der Waals surface area (Å²) in [5.41, 5.74) is 4.06. The molecule has 0 amide bonds. The number of benzene rings is 2. The van der Waals surface area contributed by atoms with Crippen LogP contribution in [0.3, 0.4) is 0 Å². The first-order valence-corrected chi connectivity index (χ1v) is 6.03. The van der Waals surface area contributed by atoms with E-state index < -0.39 is 0 Å². The molecule has 0 saturated heterocycles. The molecule has 0 fully saturated rings. The van der Waals surface area contributed by atoms with Gasteiger partial charge < -0.3 is 10.1 Å². The third-order valence-electron chi connectivity index (χ3n) is 3.15. The molecular weight excluding hydrogens is 243 g/mol. The van der Waals surface area contributed by atoms with Gasteiger partial charge in [0.1, 0.15) is 11.6 Å². The van der Waals surface area contributed by atoms with Gasteiger partial charge in [-0.25, -0.2) is 9.37 Å². The molecule has 3 rings (SSSR count). The lowest BCUT2D eigenvalue weighted by atomic mass is 9.99. The molecule has 1 aromatic heterocycles. The third kappa shape index (κ3) is 2.11. The van der Waals surface area contributed by atoms with E-state index in [0.29, 0.717) is 11.1 Å². The highest BCUT2D eigenvalue weighted by Gasteiger charge is 2.08. The first-order valence-electron chi connectivity index (χ1n) is 6.03. The van der Waals surface area contributed by atoms with Crippen molar-refractivity contribution in [2.45, 2.75) is 13.5 Å². The van der Waals surface area contributed by atoms with Crippen LogP contribution in [0.1, 0.15) is 11.4 Å². The Morgan fingerprint density at radius 3 is 2.84 bits per heavy atom. The summed E-state index contributed by atoms with van der Waals surface area (Å²) in [6.07, 6.45) is 0. The largest absolute Gasteiger partial charge is 0.392 e. The lowest BCUT2D eigenvalue weighted by Gasteiger charge is -2.07. The number of halogens is 1. The van der Waals surface area contributed by atoms with E-state index in [2.05, 4.69) is 9.97 Å². The van der Waals surface area contributed by atoms with E-state index in [0.717, 1.165) is 22.4 Å². The summed E-state index contributed by atoms with van der Waals surface area (Å²) in [5, 5.41) is 9.35. The number of H-pyrrole nitrogens is 1. The molecule has 2 aromatic carbocycles. The predicted octanol–water partition coefficient (Wildman–Crippen LogP) is 3.17. The van der Waals surface area contributed by atoms with Gasteiger partial charge in [0.05, 0.1) is 17.6 Å². The molecule has 0 atom stereocenters. The Morgan fingerprint density at radius 2 is 2.05 bits per heavy atom. The lowest BCUT2D eigenvalue weighted by molar-refractivity contribution is 0.282. The Kier molecular flexibility index (Phi) is 2.80. The average Bonchev–Trinajstić information content (AvgIpc) is 2.77. The Morgan fingerprint density at radius 1 is 1.21 bits per heavy atom. The van der Waals surface area contributed by atoms with Gasteiger partial charge in [-0.1, -0.05) is 12.1 Å². The number of rotatable bonds is 2. The maximum Gasteiger partial charge on any atom is 0.123 e. The van der Waals surface area contributed by atoms with Crippen molar-refractivity contribution in [3.05, 3.63) is 53.6 Å². The maximum atomic E-state index is 13.4. The lowest BCUT2D eigenvalue weighted by Crippen LogP contribution is -1.91. The average molecular weight is 256 g/mol. The smallest absolute Gasteiger partial charge is 0.123 e. The monoisotopic (exact) mass is 256 g/mol. The van der Waals surface area contributed by atoms with Crippen LogP contribution in [0.4, 0.5) is 4.39 Å². The van der Waals surface area contributed by atoms with Crippen molar-refractivity contribution in [1.29, 1.82) is 0 Å². The molecule has 0 radical (unpaired) electrons. The van der Waals surface area contributed by atoms with Gasteiger partial charge in [0, 0.05) is 0 Å². The zero-order valence-corrected chi connectivity index (χ0v) is 10.4. The highest BCUT2D eigenvalue weighted by molar-refractivity contribution is 5.82. The molecule has 0 aliphatic rings. The minimum Gasteiger partial charge on any atom is -0.392 e. The summed E-state index contributed by atoms with van der Waals surface area (Å²) in [5.74, 6) is 0.530. The number of hydrogen-bond acceptors (Lipinski definition) is 2. The molecule has 0 saturated carbocycles. The second kappa shape index (κ2) is 4.48. The van der Waals surface area contributed by atoms with Gasteiger partial charge in [-0.3, -0.25) is 0 Å². The Balaban J connectivity index is 2.20. The van der Waals surface area contributed by atoms with Crippen molar-refractivity contribution in [3.8, 4) is 11.1 Å². The quantitative estimate of drug-likeness (QED) is 0.740. The summed E-state index contributed by atoms with van der Waals surface area (Å²) in [7, 11) is 0. The van der Waals surface area contributed by atoms with Crippen molar-refractivity contribution in [3.63, 3.8) is 0 Å². The van der Waals surface area contributed by atoms with Gasteiger partial charge in [0.15, 0.2) is 0 Å². The normalized spacial score (nSPS) is 11.1. The molecule has 19 heavy (non-hydrogen) atoms. The number of aliphatic hydroxyl groups excluding tert-OH is 1. The molecule has 4 heteroatoms. The molecule has 0 bridgehead atoms.